The van der Waals surface area contributed by atoms with Gasteiger partial charge < -0.3 is 4.57 Å². The van der Waals surface area contributed by atoms with Crippen molar-refractivity contribution >= 4 is 15.8 Å². The molecule has 0 spiro atoms. The van der Waals surface area contributed by atoms with E-state index in [1.165, 1.54) is 0 Å². The molecule has 112 valence electrons. The van der Waals surface area contributed by atoms with Gasteiger partial charge in [0.05, 0.1) is 6.26 Å². The molecular formula is C14H22N2O3S. The van der Waals surface area contributed by atoms with Gasteiger partial charge >= 0.3 is 0 Å². The predicted molar refractivity (Wildman–Crippen MR) is 78.5 cm³/mol. The SMILES string of the molecule is Cc1cc2c(n1CC(C)(C)NS(C)(=O)=O)CCCC2=O. The number of aromatic nitrogens is 1. The highest BCUT2D eigenvalue weighted by Gasteiger charge is 2.28. The van der Waals surface area contributed by atoms with Gasteiger partial charge in [0.1, 0.15) is 0 Å². The minimum Gasteiger partial charge on any atom is -0.346 e. The molecule has 0 saturated heterocycles. The second-order valence-corrected chi connectivity index (χ2v) is 8.02. The third kappa shape index (κ3) is 3.30. The molecule has 0 saturated carbocycles. The molecule has 1 N–H and O–H groups in total. The summed E-state index contributed by atoms with van der Waals surface area (Å²) in [6.07, 6.45) is 3.52. The minimum atomic E-state index is -3.26. The van der Waals surface area contributed by atoms with Crippen LogP contribution in [0.2, 0.25) is 0 Å². The van der Waals surface area contributed by atoms with Crippen molar-refractivity contribution in [2.75, 3.05) is 6.26 Å². The van der Waals surface area contributed by atoms with Crippen molar-refractivity contribution in [1.82, 2.24) is 9.29 Å². The molecule has 0 unspecified atom stereocenters. The molecule has 20 heavy (non-hydrogen) atoms. The smallest absolute Gasteiger partial charge is 0.209 e. The van der Waals surface area contributed by atoms with E-state index in [-0.39, 0.29) is 5.78 Å². The first-order valence-corrected chi connectivity index (χ1v) is 8.69. The number of carbonyl (C=O) groups excluding carboxylic acids is 1. The van der Waals surface area contributed by atoms with E-state index in [9.17, 15) is 13.2 Å². The van der Waals surface area contributed by atoms with Gasteiger partial charge in [0.15, 0.2) is 5.78 Å². The Bertz CT molecular complexity index is 642. The number of hydrogen-bond donors (Lipinski definition) is 1. The fourth-order valence-electron chi connectivity index (χ4n) is 2.94. The number of fused-ring (bicyclic) bond motifs is 1. The predicted octanol–water partition coefficient (Wildman–Crippen LogP) is 1.64. The Morgan fingerprint density at radius 2 is 2.00 bits per heavy atom. The lowest BCUT2D eigenvalue weighted by Crippen LogP contribution is -2.46. The summed E-state index contributed by atoms with van der Waals surface area (Å²) in [5, 5.41) is 0. The van der Waals surface area contributed by atoms with Crippen LogP contribution in [0.1, 0.15) is 48.4 Å². The molecule has 0 bridgehead atoms. The maximum absolute atomic E-state index is 11.9. The van der Waals surface area contributed by atoms with Crippen LogP contribution in [0.5, 0.6) is 0 Å². The van der Waals surface area contributed by atoms with Crippen molar-refractivity contribution in [3.63, 3.8) is 0 Å². The number of carbonyl (C=O) groups is 1. The number of Topliss-reactive ketones (excluding diaryl/α,β-unsaturated/α-hetero) is 1. The van der Waals surface area contributed by atoms with Gasteiger partial charge in [-0.2, -0.15) is 0 Å². The lowest BCUT2D eigenvalue weighted by Gasteiger charge is -2.28. The highest BCUT2D eigenvalue weighted by molar-refractivity contribution is 7.88. The molecule has 0 fully saturated rings. The van der Waals surface area contributed by atoms with Crippen molar-refractivity contribution in [2.24, 2.45) is 0 Å². The van der Waals surface area contributed by atoms with E-state index in [1.807, 2.05) is 26.8 Å². The average molecular weight is 298 g/mol. The van der Waals surface area contributed by atoms with Crippen LogP contribution in [0.4, 0.5) is 0 Å². The molecule has 6 heteroatoms. The zero-order chi connectivity index (χ0) is 15.1. The van der Waals surface area contributed by atoms with Crippen LogP contribution in [-0.2, 0) is 23.0 Å². The second kappa shape index (κ2) is 5.00. The number of nitrogens with zero attached hydrogens (tertiary/aromatic N) is 1. The molecule has 1 aliphatic carbocycles. The minimum absolute atomic E-state index is 0.196. The first-order valence-electron chi connectivity index (χ1n) is 6.80. The maximum Gasteiger partial charge on any atom is 0.209 e. The summed E-state index contributed by atoms with van der Waals surface area (Å²) in [4.78, 5) is 11.9. The monoisotopic (exact) mass is 298 g/mol. The van der Waals surface area contributed by atoms with Crippen LogP contribution in [0.25, 0.3) is 0 Å². The standard InChI is InChI=1S/C14H22N2O3S/c1-10-8-11-12(6-5-7-13(11)17)16(10)9-14(2,3)15-20(4,18)19/h8,15H,5-7,9H2,1-4H3. The van der Waals surface area contributed by atoms with Gasteiger partial charge in [0.2, 0.25) is 10.0 Å². The van der Waals surface area contributed by atoms with Crippen LogP contribution in [0.15, 0.2) is 6.07 Å². The first kappa shape index (κ1) is 15.3. The van der Waals surface area contributed by atoms with E-state index in [4.69, 9.17) is 0 Å². The fourth-order valence-corrected chi connectivity index (χ4v) is 4.01. The van der Waals surface area contributed by atoms with Crippen molar-refractivity contribution in [1.29, 1.82) is 0 Å². The van der Waals surface area contributed by atoms with Crippen molar-refractivity contribution < 1.29 is 13.2 Å². The molecule has 2 rings (SSSR count). The van der Waals surface area contributed by atoms with Crippen LogP contribution < -0.4 is 4.72 Å². The summed E-state index contributed by atoms with van der Waals surface area (Å²) in [6, 6.07) is 1.92. The van der Waals surface area contributed by atoms with E-state index < -0.39 is 15.6 Å². The van der Waals surface area contributed by atoms with Crippen LogP contribution in [-0.4, -0.2) is 30.6 Å². The van der Waals surface area contributed by atoms with Crippen LogP contribution >= 0.6 is 0 Å². The molecule has 0 aromatic carbocycles. The van der Waals surface area contributed by atoms with Gasteiger partial charge in [-0.3, -0.25) is 4.79 Å². The Balaban J connectivity index is 2.33. The highest BCUT2D eigenvalue weighted by Crippen LogP contribution is 2.26. The van der Waals surface area contributed by atoms with Gasteiger partial charge in [-0.25, -0.2) is 13.1 Å². The Morgan fingerprint density at radius 1 is 1.35 bits per heavy atom. The molecule has 0 aliphatic heterocycles. The summed E-state index contributed by atoms with van der Waals surface area (Å²) in [5.41, 5.74) is 2.27. The number of rotatable bonds is 4. The fraction of sp³-hybridized carbons (Fsp3) is 0.643. The molecule has 0 atom stereocenters. The largest absolute Gasteiger partial charge is 0.346 e. The topological polar surface area (TPSA) is 68.2 Å². The van der Waals surface area contributed by atoms with Crippen LogP contribution in [0.3, 0.4) is 0 Å². The summed E-state index contributed by atoms with van der Waals surface area (Å²) in [5.74, 6) is 0.196. The molecule has 5 nitrogen and oxygen atoms in total. The normalized spacial score (nSPS) is 16.3. The molecular weight excluding hydrogens is 276 g/mol. The number of sulfonamides is 1. The van der Waals surface area contributed by atoms with Gasteiger partial charge in [-0.05, 0) is 39.7 Å². The van der Waals surface area contributed by atoms with E-state index in [0.29, 0.717) is 13.0 Å². The van der Waals surface area contributed by atoms with Gasteiger partial charge in [-0.1, -0.05) is 0 Å². The maximum atomic E-state index is 11.9. The summed E-state index contributed by atoms with van der Waals surface area (Å²) < 4.78 is 27.6. The summed E-state index contributed by atoms with van der Waals surface area (Å²) in [6.45, 7) is 6.19. The second-order valence-electron chi connectivity index (χ2n) is 6.27. The number of nitrogens with one attached hydrogen (secondary N) is 1. The molecule has 1 heterocycles. The molecule has 0 amide bonds. The average Bonchev–Trinajstić information content (AvgIpc) is 2.54. The first-order chi connectivity index (χ1) is 9.09. The number of hydrogen-bond acceptors (Lipinski definition) is 3. The summed E-state index contributed by atoms with van der Waals surface area (Å²) >= 11 is 0. The Kier molecular flexibility index (Phi) is 3.81. The van der Waals surface area contributed by atoms with Gasteiger partial charge in [0.25, 0.3) is 0 Å². The van der Waals surface area contributed by atoms with Crippen molar-refractivity contribution in [3.05, 3.63) is 23.0 Å². The van der Waals surface area contributed by atoms with Crippen molar-refractivity contribution in [3.8, 4) is 0 Å². The van der Waals surface area contributed by atoms with E-state index in [1.54, 1.807) is 0 Å². The lowest BCUT2D eigenvalue weighted by atomic mass is 9.96. The molecule has 1 aromatic heterocycles. The Hall–Kier alpha value is -1.14. The molecule has 1 aromatic rings. The van der Waals surface area contributed by atoms with Crippen molar-refractivity contribution in [2.45, 2.75) is 52.1 Å². The van der Waals surface area contributed by atoms with Crippen LogP contribution in [0, 0.1) is 6.92 Å². The van der Waals surface area contributed by atoms with Gasteiger partial charge in [-0.15, -0.1) is 0 Å². The highest BCUT2D eigenvalue weighted by atomic mass is 32.2. The van der Waals surface area contributed by atoms with E-state index >= 15 is 0 Å². The third-order valence-corrected chi connectivity index (χ3v) is 4.47. The summed E-state index contributed by atoms with van der Waals surface area (Å²) in [7, 11) is -3.26. The zero-order valence-corrected chi connectivity index (χ0v) is 13.3. The van der Waals surface area contributed by atoms with E-state index in [2.05, 4.69) is 9.29 Å². The number of ketones is 1. The van der Waals surface area contributed by atoms with E-state index in [0.717, 1.165) is 36.0 Å². The quantitative estimate of drug-likeness (QED) is 0.919. The lowest BCUT2D eigenvalue weighted by molar-refractivity contribution is 0.0971. The third-order valence-electron chi connectivity index (χ3n) is 3.55. The Morgan fingerprint density at radius 3 is 2.60 bits per heavy atom. The van der Waals surface area contributed by atoms with Gasteiger partial charge in [0, 0.05) is 35.5 Å². The molecule has 0 radical (unpaired) electrons. The Labute approximate surface area is 120 Å². The zero-order valence-electron chi connectivity index (χ0n) is 12.5. The number of aryl methyl sites for hydroxylation is 1. The molecule has 1 aliphatic rings.